The van der Waals surface area contributed by atoms with Gasteiger partial charge in [-0.1, -0.05) is 19.1 Å². The summed E-state index contributed by atoms with van der Waals surface area (Å²) < 4.78 is 26.4. The van der Waals surface area contributed by atoms with Gasteiger partial charge in [-0.15, -0.1) is 11.3 Å². The fourth-order valence-electron chi connectivity index (χ4n) is 1.54. The lowest BCUT2D eigenvalue weighted by Gasteiger charge is -2.19. The van der Waals surface area contributed by atoms with Crippen LogP contribution in [-0.4, -0.2) is 37.5 Å². The molecule has 1 N–H and O–H groups in total. The molecule has 0 atom stereocenters. The Labute approximate surface area is 113 Å². The van der Waals surface area contributed by atoms with Crippen LogP contribution in [0, 0.1) is 0 Å². The Bertz CT molecular complexity index is 505. The van der Waals surface area contributed by atoms with Crippen LogP contribution in [0.2, 0.25) is 0 Å². The van der Waals surface area contributed by atoms with E-state index in [-0.39, 0.29) is 6.61 Å². The third-order valence-electron chi connectivity index (χ3n) is 2.39. The fourth-order valence-corrected chi connectivity index (χ4v) is 4.54. The van der Waals surface area contributed by atoms with Crippen molar-refractivity contribution in [2.75, 3.05) is 19.7 Å². The standard InChI is InChI=1S/C12H19NO3S2/c1-4-13(9-10(2)3)18(15,16)12-6-5-11(17-12)7-8-14/h5-6,14H,2,4,7-9H2,1,3H3. The highest BCUT2D eigenvalue weighted by Crippen LogP contribution is 2.25. The summed E-state index contributed by atoms with van der Waals surface area (Å²) in [5.41, 5.74) is 0.813. The predicted molar refractivity (Wildman–Crippen MR) is 74.4 cm³/mol. The molecule has 102 valence electrons. The van der Waals surface area contributed by atoms with Gasteiger partial charge in [-0.05, 0) is 19.1 Å². The number of nitrogens with zero attached hydrogens (tertiary/aromatic N) is 1. The Morgan fingerprint density at radius 2 is 2.17 bits per heavy atom. The fraction of sp³-hybridized carbons (Fsp3) is 0.500. The second kappa shape index (κ2) is 6.47. The summed E-state index contributed by atoms with van der Waals surface area (Å²) in [6.45, 7) is 8.16. The highest BCUT2D eigenvalue weighted by atomic mass is 32.2. The van der Waals surface area contributed by atoms with Gasteiger partial charge in [-0.3, -0.25) is 0 Å². The zero-order valence-corrected chi connectivity index (χ0v) is 12.4. The number of rotatable bonds is 7. The van der Waals surface area contributed by atoms with Crippen molar-refractivity contribution in [2.45, 2.75) is 24.5 Å². The number of hydrogen-bond donors (Lipinski definition) is 1. The minimum Gasteiger partial charge on any atom is -0.396 e. The molecule has 0 radical (unpaired) electrons. The van der Waals surface area contributed by atoms with E-state index in [1.54, 1.807) is 12.1 Å². The highest BCUT2D eigenvalue weighted by Gasteiger charge is 2.24. The summed E-state index contributed by atoms with van der Waals surface area (Å²) in [7, 11) is -3.43. The van der Waals surface area contributed by atoms with Crippen molar-refractivity contribution in [3.8, 4) is 0 Å². The summed E-state index contributed by atoms with van der Waals surface area (Å²) in [4.78, 5) is 0.877. The Morgan fingerprint density at radius 3 is 2.67 bits per heavy atom. The second-order valence-electron chi connectivity index (χ2n) is 4.08. The largest absolute Gasteiger partial charge is 0.396 e. The number of aliphatic hydroxyl groups excluding tert-OH is 1. The van der Waals surface area contributed by atoms with Gasteiger partial charge in [0.2, 0.25) is 0 Å². The molecule has 0 saturated carbocycles. The smallest absolute Gasteiger partial charge is 0.252 e. The lowest BCUT2D eigenvalue weighted by Crippen LogP contribution is -2.31. The van der Waals surface area contributed by atoms with Gasteiger partial charge in [-0.2, -0.15) is 4.31 Å². The third-order valence-corrected chi connectivity index (χ3v) is 5.92. The van der Waals surface area contributed by atoms with Gasteiger partial charge in [0, 0.05) is 31.0 Å². The SMILES string of the molecule is C=C(C)CN(CC)S(=O)(=O)c1ccc(CCO)s1. The molecule has 4 nitrogen and oxygen atoms in total. The quantitative estimate of drug-likeness (QED) is 0.780. The highest BCUT2D eigenvalue weighted by molar-refractivity contribution is 7.91. The molecule has 18 heavy (non-hydrogen) atoms. The van der Waals surface area contributed by atoms with Gasteiger partial charge in [-0.25, -0.2) is 8.42 Å². The van der Waals surface area contributed by atoms with Crippen LogP contribution in [0.3, 0.4) is 0 Å². The van der Waals surface area contributed by atoms with Crippen LogP contribution >= 0.6 is 11.3 Å². The molecule has 0 saturated heterocycles. The van der Waals surface area contributed by atoms with Gasteiger partial charge >= 0.3 is 0 Å². The maximum atomic E-state index is 12.3. The van der Waals surface area contributed by atoms with Crippen molar-refractivity contribution in [1.29, 1.82) is 0 Å². The first-order valence-electron chi connectivity index (χ1n) is 5.76. The minimum absolute atomic E-state index is 0.0310. The second-order valence-corrected chi connectivity index (χ2v) is 7.42. The van der Waals surface area contributed by atoms with E-state index in [0.717, 1.165) is 10.5 Å². The van der Waals surface area contributed by atoms with Crippen molar-refractivity contribution < 1.29 is 13.5 Å². The summed E-state index contributed by atoms with van der Waals surface area (Å²) >= 11 is 1.22. The van der Waals surface area contributed by atoms with Crippen LogP contribution in [0.1, 0.15) is 18.7 Å². The van der Waals surface area contributed by atoms with Crippen molar-refractivity contribution >= 4 is 21.4 Å². The molecule has 0 aliphatic carbocycles. The number of sulfonamides is 1. The predicted octanol–water partition coefficient (Wildman–Crippen LogP) is 1.87. The zero-order valence-electron chi connectivity index (χ0n) is 10.7. The number of aliphatic hydroxyl groups is 1. The van der Waals surface area contributed by atoms with Crippen LogP contribution in [0.5, 0.6) is 0 Å². The van der Waals surface area contributed by atoms with Crippen LogP contribution in [0.15, 0.2) is 28.5 Å². The maximum absolute atomic E-state index is 12.3. The molecule has 0 unspecified atom stereocenters. The summed E-state index contributed by atoms with van der Waals surface area (Å²) in [6.07, 6.45) is 0.493. The molecule has 0 spiro atoms. The topological polar surface area (TPSA) is 57.6 Å². The molecule has 1 heterocycles. The average Bonchev–Trinajstić information content (AvgIpc) is 2.75. The van der Waals surface area contributed by atoms with E-state index in [1.165, 1.54) is 15.6 Å². The van der Waals surface area contributed by atoms with Crippen LogP contribution < -0.4 is 0 Å². The van der Waals surface area contributed by atoms with Crippen molar-refractivity contribution in [1.82, 2.24) is 4.31 Å². The van der Waals surface area contributed by atoms with Gasteiger partial charge < -0.3 is 5.11 Å². The Balaban J connectivity index is 2.99. The molecule has 1 aromatic rings. The number of thiophene rings is 1. The van der Waals surface area contributed by atoms with Gasteiger partial charge in [0.15, 0.2) is 0 Å². The Kier molecular flexibility index (Phi) is 5.52. The van der Waals surface area contributed by atoms with Crippen LogP contribution in [0.4, 0.5) is 0 Å². The van der Waals surface area contributed by atoms with Gasteiger partial charge in [0.1, 0.15) is 4.21 Å². The minimum atomic E-state index is -3.43. The molecular weight excluding hydrogens is 270 g/mol. The van der Waals surface area contributed by atoms with E-state index in [9.17, 15) is 8.42 Å². The molecule has 1 aromatic heterocycles. The molecule has 0 aliphatic heterocycles. The molecule has 1 rings (SSSR count). The van der Waals surface area contributed by atoms with E-state index >= 15 is 0 Å². The van der Waals surface area contributed by atoms with Crippen molar-refractivity contribution in [3.63, 3.8) is 0 Å². The molecular formula is C12H19NO3S2. The first-order chi connectivity index (χ1) is 8.41. The molecule has 6 heteroatoms. The van der Waals surface area contributed by atoms with E-state index in [4.69, 9.17) is 5.11 Å². The molecule has 0 bridgehead atoms. The maximum Gasteiger partial charge on any atom is 0.252 e. The van der Waals surface area contributed by atoms with Gasteiger partial charge in [0.05, 0.1) is 0 Å². The third kappa shape index (κ3) is 3.65. The Hall–Kier alpha value is -0.690. The molecule has 0 aliphatic rings. The lowest BCUT2D eigenvalue weighted by molar-refractivity contribution is 0.300. The first kappa shape index (κ1) is 15.4. The van der Waals surface area contributed by atoms with E-state index in [2.05, 4.69) is 6.58 Å². The molecule has 0 amide bonds. The number of hydrogen-bond acceptors (Lipinski definition) is 4. The first-order valence-corrected chi connectivity index (χ1v) is 8.01. The summed E-state index contributed by atoms with van der Waals surface area (Å²) in [6, 6.07) is 3.36. The lowest BCUT2D eigenvalue weighted by atomic mass is 10.3. The normalized spacial score (nSPS) is 12.0. The summed E-state index contributed by atoms with van der Waals surface area (Å²) in [5, 5.41) is 8.84. The zero-order chi connectivity index (χ0) is 13.8. The summed E-state index contributed by atoms with van der Waals surface area (Å²) in [5.74, 6) is 0. The van der Waals surface area contributed by atoms with Crippen LogP contribution in [-0.2, 0) is 16.4 Å². The van der Waals surface area contributed by atoms with E-state index in [1.807, 2.05) is 13.8 Å². The Morgan fingerprint density at radius 1 is 1.50 bits per heavy atom. The van der Waals surface area contributed by atoms with Crippen LogP contribution in [0.25, 0.3) is 0 Å². The molecule has 0 fully saturated rings. The monoisotopic (exact) mass is 289 g/mol. The van der Waals surface area contributed by atoms with E-state index < -0.39 is 10.0 Å². The molecule has 0 aromatic carbocycles. The van der Waals surface area contributed by atoms with Crippen molar-refractivity contribution in [3.05, 3.63) is 29.2 Å². The van der Waals surface area contributed by atoms with Crippen molar-refractivity contribution in [2.24, 2.45) is 0 Å². The van der Waals surface area contributed by atoms with E-state index in [0.29, 0.717) is 23.7 Å². The number of likely N-dealkylation sites (N-methyl/N-ethyl adjacent to an activating group) is 1. The van der Waals surface area contributed by atoms with Gasteiger partial charge in [0.25, 0.3) is 10.0 Å². The average molecular weight is 289 g/mol.